The molecule has 0 radical (unpaired) electrons. The first kappa shape index (κ1) is 20.5. The van der Waals surface area contributed by atoms with Crippen molar-refractivity contribution in [3.63, 3.8) is 0 Å². The smallest absolute Gasteiger partial charge is 0.425 e. The van der Waals surface area contributed by atoms with Crippen molar-refractivity contribution in [2.75, 3.05) is 0 Å². The minimum absolute atomic E-state index is 0.0135. The Kier molecular flexibility index (Phi) is 6.25. The van der Waals surface area contributed by atoms with Gasteiger partial charge in [0.05, 0.1) is 5.92 Å². The molecule has 2 aliphatic heterocycles. The zero-order valence-electron chi connectivity index (χ0n) is 15.5. The lowest BCUT2D eigenvalue weighted by Gasteiger charge is -2.22. The molecule has 2 fully saturated rings. The van der Waals surface area contributed by atoms with Crippen molar-refractivity contribution in [1.82, 2.24) is 10.1 Å². The SMILES string of the molecule is O=C(OC1/C=C/CCC(C(=O)ON2C(=O)CCC2=O)CC1)ON1C(=O)CCC1=O. The van der Waals surface area contributed by atoms with E-state index >= 15 is 0 Å². The number of hydrogen-bond donors (Lipinski definition) is 0. The number of imide groups is 2. The van der Waals surface area contributed by atoms with E-state index in [2.05, 4.69) is 4.84 Å². The van der Waals surface area contributed by atoms with Crippen molar-refractivity contribution < 1.29 is 43.2 Å². The Hall–Kier alpha value is -3.24. The second-order valence-corrected chi connectivity index (χ2v) is 6.85. The zero-order valence-corrected chi connectivity index (χ0v) is 15.5. The molecule has 11 heteroatoms. The van der Waals surface area contributed by atoms with E-state index in [1.807, 2.05) is 0 Å². The normalized spacial score (nSPS) is 26.2. The highest BCUT2D eigenvalue weighted by Crippen LogP contribution is 2.24. The van der Waals surface area contributed by atoms with Gasteiger partial charge in [0.25, 0.3) is 23.6 Å². The molecule has 0 bridgehead atoms. The van der Waals surface area contributed by atoms with Gasteiger partial charge in [-0.25, -0.2) is 9.59 Å². The zero-order chi connectivity index (χ0) is 21.0. The Morgan fingerprint density at radius 3 is 1.93 bits per heavy atom. The van der Waals surface area contributed by atoms with Crippen LogP contribution in [0.3, 0.4) is 0 Å². The molecule has 0 aromatic heterocycles. The van der Waals surface area contributed by atoms with E-state index in [1.54, 1.807) is 12.2 Å². The summed E-state index contributed by atoms with van der Waals surface area (Å²) in [6, 6.07) is 0. The lowest BCUT2D eigenvalue weighted by molar-refractivity contribution is -0.201. The molecule has 1 aliphatic carbocycles. The standard InChI is InChI=1S/C18H20N2O9/c21-13-7-8-14(22)19(13)28-17(25)11-3-1-2-4-12(6-5-11)27-18(26)29-20-15(23)9-10-16(20)24/h2,4,11-12H,1,3,5-10H2/b4-2+. The average molecular weight is 408 g/mol. The lowest BCUT2D eigenvalue weighted by atomic mass is 9.93. The summed E-state index contributed by atoms with van der Waals surface area (Å²) in [6.07, 6.45) is 2.84. The van der Waals surface area contributed by atoms with Crippen LogP contribution in [0.5, 0.6) is 0 Å². The molecular formula is C18H20N2O9. The molecule has 0 aromatic rings. The largest absolute Gasteiger partial charge is 0.534 e. The van der Waals surface area contributed by atoms with Crippen molar-refractivity contribution in [1.29, 1.82) is 0 Å². The van der Waals surface area contributed by atoms with Crippen LogP contribution in [-0.2, 0) is 38.4 Å². The van der Waals surface area contributed by atoms with Gasteiger partial charge in [-0.15, -0.1) is 5.06 Å². The van der Waals surface area contributed by atoms with Crippen LogP contribution >= 0.6 is 0 Å². The quantitative estimate of drug-likeness (QED) is 0.378. The third-order valence-corrected chi connectivity index (χ3v) is 4.77. The molecule has 29 heavy (non-hydrogen) atoms. The fourth-order valence-corrected chi connectivity index (χ4v) is 3.19. The van der Waals surface area contributed by atoms with Crippen LogP contribution in [0.2, 0.25) is 0 Å². The Morgan fingerprint density at radius 2 is 1.34 bits per heavy atom. The topological polar surface area (TPSA) is 137 Å². The lowest BCUT2D eigenvalue weighted by Crippen LogP contribution is -2.35. The Balaban J connectivity index is 1.51. The molecule has 3 aliphatic rings. The van der Waals surface area contributed by atoms with Crippen molar-refractivity contribution in [2.45, 2.75) is 57.5 Å². The molecule has 4 amide bonds. The summed E-state index contributed by atoms with van der Waals surface area (Å²) in [7, 11) is 0. The molecular weight excluding hydrogens is 388 g/mol. The summed E-state index contributed by atoms with van der Waals surface area (Å²) in [6.45, 7) is 0. The number of carbonyl (C=O) groups excluding carboxylic acids is 6. The van der Waals surface area contributed by atoms with Crippen LogP contribution in [-0.4, -0.2) is 52.0 Å². The van der Waals surface area contributed by atoms with Gasteiger partial charge in [-0.05, 0) is 31.8 Å². The highest BCUT2D eigenvalue weighted by molar-refractivity contribution is 6.02. The van der Waals surface area contributed by atoms with Gasteiger partial charge in [-0.3, -0.25) is 24.0 Å². The number of hydrogen-bond acceptors (Lipinski definition) is 9. The first-order chi connectivity index (χ1) is 13.8. The first-order valence-corrected chi connectivity index (χ1v) is 9.33. The van der Waals surface area contributed by atoms with Gasteiger partial charge in [0.1, 0.15) is 6.10 Å². The van der Waals surface area contributed by atoms with E-state index in [9.17, 15) is 28.8 Å². The number of ether oxygens (including phenoxy) is 1. The maximum absolute atomic E-state index is 12.3. The van der Waals surface area contributed by atoms with Crippen LogP contribution < -0.4 is 0 Å². The molecule has 156 valence electrons. The molecule has 2 unspecified atom stereocenters. The molecule has 0 aromatic carbocycles. The molecule has 2 heterocycles. The van der Waals surface area contributed by atoms with Crippen LogP contribution in [0.25, 0.3) is 0 Å². The summed E-state index contributed by atoms with van der Waals surface area (Å²) in [5.74, 6) is -3.63. The fourth-order valence-electron chi connectivity index (χ4n) is 3.19. The fraction of sp³-hybridized carbons (Fsp3) is 0.556. The van der Waals surface area contributed by atoms with Gasteiger partial charge in [0, 0.05) is 25.7 Å². The third kappa shape index (κ3) is 4.98. The Bertz CT molecular complexity index is 743. The van der Waals surface area contributed by atoms with Crippen molar-refractivity contribution in [2.24, 2.45) is 5.92 Å². The van der Waals surface area contributed by atoms with Gasteiger partial charge in [0.15, 0.2) is 0 Å². The van der Waals surface area contributed by atoms with Crippen molar-refractivity contribution in [3.8, 4) is 0 Å². The van der Waals surface area contributed by atoms with E-state index in [4.69, 9.17) is 9.57 Å². The van der Waals surface area contributed by atoms with E-state index in [0.717, 1.165) is 0 Å². The average Bonchev–Trinajstić information content (AvgIpc) is 3.14. The number of amides is 4. The van der Waals surface area contributed by atoms with Crippen LogP contribution in [0.15, 0.2) is 12.2 Å². The summed E-state index contributed by atoms with van der Waals surface area (Å²) in [4.78, 5) is 79.9. The molecule has 0 saturated carbocycles. The van der Waals surface area contributed by atoms with Gasteiger partial charge in [-0.1, -0.05) is 11.1 Å². The van der Waals surface area contributed by atoms with Gasteiger partial charge >= 0.3 is 12.1 Å². The van der Waals surface area contributed by atoms with Crippen molar-refractivity contribution >= 4 is 35.8 Å². The van der Waals surface area contributed by atoms with Crippen molar-refractivity contribution in [3.05, 3.63) is 12.2 Å². The third-order valence-electron chi connectivity index (χ3n) is 4.77. The second kappa shape index (κ2) is 8.84. The molecule has 11 nitrogen and oxygen atoms in total. The highest BCUT2D eigenvalue weighted by atomic mass is 16.8. The molecule has 0 spiro atoms. The van der Waals surface area contributed by atoms with Crippen LogP contribution in [0.4, 0.5) is 4.79 Å². The number of allylic oxidation sites excluding steroid dienone is 1. The molecule has 2 atom stereocenters. The summed E-state index contributed by atoms with van der Waals surface area (Å²) in [5.41, 5.74) is 0. The number of nitrogens with zero attached hydrogens (tertiary/aromatic N) is 2. The van der Waals surface area contributed by atoms with E-state index in [1.165, 1.54) is 0 Å². The highest BCUT2D eigenvalue weighted by Gasteiger charge is 2.36. The summed E-state index contributed by atoms with van der Waals surface area (Å²) >= 11 is 0. The maximum atomic E-state index is 12.3. The minimum atomic E-state index is -1.20. The minimum Gasteiger partial charge on any atom is -0.425 e. The van der Waals surface area contributed by atoms with E-state index in [0.29, 0.717) is 23.0 Å². The van der Waals surface area contributed by atoms with Crippen LogP contribution in [0, 0.1) is 5.92 Å². The summed E-state index contributed by atoms with van der Waals surface area (Å²) in [5, 5.41) is 0.894. The maximum Gasteiger partial charge on any atom is 0.534 e. The van der Waals surface area contributed by atoms with Crippen LogP contribution in [0.1, 0.15) is 51.4 Å². The molecule has 0 N–H and O–H groups in total. The molecule has 3 rings (SSSR count). The monoisotopic (exact) mass is 408 g/mol. The van der Waals surface area contributed by atoms with E-state index in [-0.39, 0.29) is 38.5 Å². The van der Waals surface area contributed by atoms with Gasteiger partial charge in [0.2, 0.25) is 0 Å². The summed E-state index contributed by atoms with van der Waals surface area (Å²) < 4.78 is 5.12. The van der Waals surface area contributed by atoms with E-state index < -0.39 is 47.8 Å². The van der Waals surface area contributed by atoms with Gasteiger partial charge in [-0.2, -0.15) is 0 Å². The second-order valence-electron chi connectivity index (χ2n) is 6.85. The first-order valence-electron chi connectivity index (χ1n) is 9.33. The predicted octanol–water partition coefficient (Wildman–Crippen LogP) is 0.926. The predicted molar refractivity (Wildman–Crippen MR) is 90.7 cm³/mol. The Morgan fingerprint density at radius 1 is 0.793 bits per heavy atom. The number of carbonyl (C=O) groups is 6. The van der Waals surface area contributed by atoms with Gasteiger partial charge < -0.3 is 9.57 Å². The number of hydroxylamine groups is 4. The Labute approximate surface area is 165 Å². The number of rotatable bonds is 4. The molecule has 2 saturated heterocycles.